The summed E-state index contributed by atoms with van der Waals surface area (Å²) in [4.78, 5) is 14.9. The lowest BCUT2D eigenvalue weighted by molar-refractivity contribution is 0.0955. The summed E-state index contributed by atoms with van der Waals surface area (Å²) in [5, 5.41) is 6.16. The van der Waals surface area contributed by atoms with Crippen molar-refractivity contribution in [3.63, 3.8) is 0 Å². The Bertz CT molecular complexity index is 316. The minimum Gasteiger partial charge on any atom is -0.352 e. The van der Waals surface area contributed by atoms with Crippen molar-refractivity contribution in [3.8, 4) is 0 Å². The molecule has 0 aliphatic carbocycles. The summed E-state index contributed by atoms with van der Waals surface area (Å²) < 4.78 is 0. The van der Waals surface area contributed by atoms with Crippen molar-refractivity contribution in [3.05, 3.63) is 29.0 Å². The molecule has 0 saturated carbocycles. The maximum Gasteiger partial charge on any atom is 0.252 e. The van der Waals surface area contributed by atoms with Gasteiger partial charge in [-0.05, 0) is 32.1 Å². The lowest BCUT2D eigenvalue weighted by Gasteiger charge is -2.00. The van der Waals surface area contributed by atoms with Gasteiger partial charge in [-0.3, -0.25) is 4.79 Å². The van der Waals surface area contributed by atoms with Gasteiger partial charge in [-0.2, -0.15) is 0 Å². The lowest BCUT2D eigenvalue weighted by atomic mass is 10.3. The van der Waals surface area contributed by atoms with Gasteiger partial charge in [0.25, 0.3) is 5.91 Å². The van der Waals surface area contributed by atoms with E-state index in [-0.39, 0.29) is 18.3 Å². The summed E-state index contributed by atoms with van der Waals surface area (Å²) >= 11 is 5.55. The van der Waals surface area contributed by atoms with Crippen LogP contribution in [-0.4, -0.2) is 30.5 Å². The number of pyridine rings is 1. The molecule has 1 amide bonds. The Balaban J connectivity index is 0. The molecule has 0 aromatic carbocycles. The largest absolute Gasteiger partial charge is 0.352 e. The van der Waals surface area contributed by atoms with E-state index in [1.807, 2.05) is 6.92 Å². The highest BCUT2D eigenvalue weighted by molar-refractivity contribution is 6.29. The summed E-state index contributed by atoms with van der Waals surface area (Å²) in [5.41, 5.74) is 0.529. The van der Waals surface area contributed by atoms with Crippen molar-refractivity contribution < 1.29 is 4.79 Å². The Morgan fingerprint density at radius 2 is 1.83 bits per heavy atom. The third kappa shape index (κ3) is 9.22. The number of hydrogen-bond donors (Lipinski definition) is 2. The van der Waals surface area contributed by atoms with Gasteiger partial charge in [-0.25, -0.2) is 4.98 Å². The molecule has 4 nitrogen and oxygen atoms in total. The van der Waals surface area contributed by atoms with Crippen molar-refractivity contribution in [2.75, 3.05) is 19.6 Å². The molecule has 1 aromatic rings. The zero-order valence-corrected chi connectivity index (χ0v) is 12.6. The monoisotopic (exact) mass is 293 g/mol. The minimum atomic E-state index is -0.123. The van der Waals surface area contributed by atoms with Crippen LogP contribution in [0, 0.1) is 0 Å². The average Bonchev–Trinajstić information content (AvgIpc) is 2.32. The van der Waals surface area contributed by atoms with Crippen LogP contribution in [0.5, 0.6) is 0 Å². The van der Waals surface area contributed by atoms with Crippen molar-refractivity contribution >= 4 is 29.9 Å². The molecule has 0 aliphatic heterocycles. The molecule has 0 unspecified atom stereocenters. The van der Waals surface area contributed by atoms with E-state index >= 15 is 0 Å². The second-order valence-electron chi connectivity index (χ2n) is 3.19. The predicted octanol–water partition coefficient (Wildman–Crippen LogP) is 2.52. The van der Waals surface area contributed by atoms with E-state index in [1.165, 1.54) is 6.20 Å². The van der Waals surface area contributed by atoms with Gasteiger partial charge >= 0.3 is 0 Å². The van der Waals surface area contributed by atoms with Crippen LogP contribution in [0.3, 0.4) is 0 Å². The second kappa shape index (κ2) is 12.6. The number of rotatable bonds is 4. The maximum absolute atomic E-state index is 11.2. The van der Waals surface area contributed by atoms with Crippen molar-refractivity contribution in [2.45, 2.75) is 20.8 Å². The maximum atomic E-state index is 11.2. The number of carbonyl (C=O) groups excluding carboxylic acids is 1. The molecular weight excluding hydrogens is 273 g/mol. The predicted molar refractivity (Wildman–Crippen MR) is 78.7 cm³/mol. The van der Waals surface area contributed by atoms with E-state index in [9.17, 15) is 4.79 Å². The number of hydrogen-bond acceptors (Lipinski definition) is 3. The normalized spacial score (nSPS) is 8.67. The molecular formula is C12H21Cl2N3O. The van der Waals surface area contributed by atoms with Crippen LogP contribution in [0.4, 0.5) is 0 Å². The molecule has 1 aromatic heterocycles. The van der Waals surface area contributed by atoms with Crippen LogP contribution in [0.15, 0.2) is 18.3 Å². The number of nitrogens with one attached hydrogen (secondary N) is 2. The molecule has 0 aliphatic rings. The molecule has 0 bridgehead atoms. The number of nitrogens with zero attached hydrogens (tertiary/aromatic N) is 1. The van der Waals surface area contributed by atoms with E-state index in [0.29, 0.717) is 17.3 Å². The molecule has 104 valence electrons. The van der Waals surface area contributed by atoms with E-state index < -0.39 is 0 Å². The third-order valence-corrected chi connectivity index (χ3v) is 2.05. The van der Waals surface area contributed by atoms with E-state index in [1.54, 1.807) is 12.1 Å². The molecule has 6 heteroatoms. The van der Waals surface area contributed by atoms with Crippen molar-refractivity contribution in [2.24, 2.45) is 0 Å². The first kappa shape index (κ1) is 19.5. The van der Waals surface area contributed by atoms with Gasteiger partial charge in [0.2, 0.25) is 0 Å². The Labute approximate surface area is 120 Å². The first-order chi connectivity index (χ1) is 8.15. The van der Waals surface area contributed by atoms with Gasteiger partial charge in [-0.1, -0.05) is 25.4 Å². The highest BCUT2D eigenvalue weighted by Gasteiger charge is 2.02. The van der Waals surface area contributed by atoms with Gasteiger partial charge in [-0.15, -0.1) is 12.4 Å². The second-order valence-corrected chi connectivity index (χ2v) is 3.57. The average molecular weight is 294 g/mol. The molecule has 0 fully saturated rings. The Kier molecular flexibility index (Phi) is 13.7. The number of halogens is 2. The Morgan fingerprint density at radius 1 is 1.22 bits per heavy atom. The van der Waals surface area contributed by atoms with Crippen molar-refractivity contribution in [1.82, 2.24) is 15.6 Å². The summed E-state index contributed by atoms with van der Waals surface area (Å²) in [6.45, 7) is 8.86. The fraction of sp³-hybridized carbons (Fsp3) is 0.500. The Hall–Kier alpha value is -0.840. The Morgan fingerprint density at radius 3 is 2.17 bits per heavy atom. The van der Waals surface area contributed by atoms with Crippen LogP contribution in [-0.2, 0) is 0 Å². The quantitative estimate of drug-likeness (QED) is 0.839. The highest BCUT2D eigenvalue weighted by Crippen LogP contribution is 2.04. The number of aromatic nitrogens is 1. The van der Waals surface area contributed by atoms with Crippen LogP contribution >= 0.6 is 24.0 Å². The van der Waals surface area contributed by atoms with Crippen LogP contribution in [0.1, 0.15) is 31.1 Å². The summed E-state index contributed by atoms with van der Waals surface area (Å²) in [6.07, 6.45) is 1.45. The fourth-order valence-corrected chi connectivity index (χ4v) is 1.13. The lowest BCUT2D eigenvalue weighted by Crippen LogP contribution is -2.22. The van der Waals surface area contributed by atoms with Gasteiger partial charge in [0, 0.05) is 12.7 Å². The fourth-order valence-electron chi connectivity index (χ4n) is 1.02. The van der Waals surface area contributed by atoms with E-state index in [2.05, 4.69) is 29.5 Å². The molecule has 18 heavy (non-hydrogen) atoms. The standard InChI is InChI=1S/C8H9ClN2O.C4H11N.ClH/c1-2-10-8(12)6-3-4-7(9)11-5-6;1-3-5-4-2;/h3-5H,2H2,1H3,(H,10,12);5H,3-4H2,1-2H3;1H. The van der Waals surface area contributed by atoms with Gasteiger partial charge in [0.05, 0.1) is 5.56 Å². The van der Waals surface area contributed by atoms with Gasteiger partial charge in [0.1, 0.15) is 5.15 Å². The summed E-state index contributed by atoms with van der Waals surface area (Å²) in [7, 11) is 0. The molecule has 0 spiro atoms. The zero-order valence-electron chi connectivity index (χ0n) is 11.0. The molecule has 1 heterocycles. The number of amides is 1. The summed E-state index contributed by atoms with van der Waals surface area (Å²) in [6, 6.07) is 3.23. The van der Waals surface area contributed by atoms with Crippen LogP contribution in [0.25, 0.3) is 0 Å². The molecule has 0 atom stereocenters. The highest BCUT2D eigenvalue weighted by atomic mass is 35.5. The first-order valence-electron chi connectivity index (χ1n) is 5.76. The number of carbonyl (C=O) groups is 1. The van der Waals surface area contributed by atoms with Crippen LogP contribution in [0.2, 0.25) is 5.15 Å². The van der Waals surface area contributed by atoms with Crippen LogP contribution < -0.4 is 10.6 Å². The van der Waals surface area contributed by atoms with E-state index in [4.69, 9.17) is 11.6 Å². The minimum absolute atomic E-state index is 0. The van der Waals surface area contributed by atoms with E-state index in [0.717, 1.165) is 13.1 Å². The van der Waals surface area contributed by atoms with Gasteiger partial charge in [0.15, 0.2) is 0 Å². The van der Waals surface area contributed by atoms with Crippen molar-refractivity contribution in [1.29, 1.82) is 0 Å². The smallest absolute Gasteiger partial charge is 0.252 e. The SMILES string of the molecule is CCNC(=O)c1ccc(Cl)nc1.CCNCC.Cl. The zero-order chi connectivity index (χ0) is 13.1. The molecule has 0 saturated heterocycles. The topological polar surface area (TPSA) is 54.0 Å². The molecule has 1 rings (SSSR count). The molecule has 2 N–H and O–H groups in total. The molecule has 0 radical (unpaired) electrons. The third-order valence-electron chi connectivity index (χ3n) is 1.83. The van der Waals surface area contributed by atoms with Gasteiger partial charge < -0.3 is 10.6 Å². The summed E-state index contributed by atoms with van der Waals surface area (Å²) in [5.74, 6) is -0.123. The first-order valence-corrected chi connectivity index (χ1v) is 6.13.